The average molecular weight is 767 g/mol. The highest BCUT2D eigenvalue weighted by molar-refractivity contribution is 5.91. The lowest BCUT2D eigenvalue weighted by Crippen LogP contribution is -2.17. The number of hydrogen-bond donors (Lipinski definition) is 3. The van der Waals surface area contributed by atoms with E-state index in [0.29, 0.717) is 57.5 Å². The van der Waals surface area contributed by atoms with Gasteiger partial charge in [-0.3, -0.25) is 0 Å². The van der Waals surface area contributed by atoms with Crippen LogP contribution in [0.3, 0.4) is 0 Å². The summed E-state index contributed by atoms with van der Waals surface area (Å²) in [5.41, 5.74) is 10.5. The monoisotopic (exact) mass is 766 g/mol. The van der Waals surface area contributed by atoms with Crippen LogP contribution in [0.25, 0.3) is 0 Å². The van der Waals surface area contributed by atoms with Crippen molar-refractivity contribution in [3.05, 3.63) is 151 Å². The third-order valence-corrected chi connectivity index (χ3v) is 11.5. The minimum absolute atomic E-state index is 0.161. The molecule has 5 aromatic carbocycles. The number of fused-ring (bicyclic) bond motifs is 8. The van der Waals surface area contributed by atoms with E-state index in [4.69, 9.17) is 4.74 Å². The van der Waals surface area contributed by atoms with Crippen LogP contribution in [0.5, 0.6) is 23.0 Å². The largest absolute Gasteiger partial charge is 0.507 e. The molecule has 0 atom stereocenters. The molecule has 3 N–H and O–H groups in total. The fraction of sp³-hybridized carbons (Fsp3) is 0.404. The molecule has 57 heavy (non-hydrogen) atoms. The fourth-order valence-electron chi connectivity index (χ4n) is 7.63. The topological polar surface area (TPSA) is 87.0 Å². The second-order valence-electron chi connectivity index (χ2n) is 20.5. The van der Waals surface area contributed by atoms with Crippen LogP contribution in [-0.2, 0) is 47.3 Å². The van der Waals surface area contributed by atoms with Crippen LogP contribution in [0.2, 0.25) is 0 Å². The van der Waals surface area contributed by atoms with Crippen LogP contribution in [0.4, 0.5) is 0 Å². The Labute approximate surface area is 340 Å². The smallest absolute Gasteiger partial charge is 0.343 e. The van der Waals surface area contributed by atoms with Crippen LogP contribution in [0, 0.1) is 6.92 Å². The Hall–Kier alpha value is -5.03. The Morgan fingerprint density at radius 1 is 0.439 bits per heavy atom. The van der Waals surface area contributed by atoms with Gasteiger partial charge in [-0.05, 0) is 96.4 Å². The lowest BCUT2D eigenvalue weighted by Gasteiger charge is -2.27. The van der Waals surface area contributed by atoms with E-state index >= 15 is 0 Å². The predicted octanol–water partition coefficient (Wildman–Crippen LogP) is 12.2. The summed E-state index contributed by atoms with van der Waals surface area (Å²) in [5, 5.41) is 36.6. The molecular weight excluding hydrogens is 705 g/mol. The molecule has 5 nitrogen and oxygen atoms in total. The quantitative estimate of drug-likeness (QED) is 0.121. The summed E-state index contributed by atoms with van der Waals surface area (Å²) in [6.07, 6.45) is 1.17. The first kappa shape index (κ1) is 41.6. The van der Waals surface area contributed by atoms with Crippen molar-refractivity contribution < 1.29 is 24.9 Å². The van der Waals surface area contributed by atoms with Crippen molar-refractivity contribution in [2.24, 2.45) is 0 Å². The molecule has 0 aliphatic heterocycles. The number of benzene rings is 5. The molecule has 0 spiro atoms. The maximum Gasteiger partial charge on any atom is 0.343 e. The normalized spacial score (nSPS) is 13.7. The van der Waals surface area contributed by atoms with Gasteiger partial charge in [0.1, 0.15) is 23.0 Å². The van der Waals surface area contributed by atoms with Gasteiger partial charge in [0.05, 0.1) is 5.56 Å². The summed E-state index contributed by atoms with van der Waals surface area (Å²) in [4.78, 5) is 14.0. The summed E-state index contributed by atoms with van der Waals surface area (Å²) >= 11 is 0. The standard InChI is InChI=1S/C52H62O5/c1-30-14-16-31(17-15-30)48(56)57-47-38-20-36-26-41(50(5,6)7)24-34(45(36)54)18-32-22-40(49(2,3)4)23-33(44(32)53)19-35-25-42(51(8,9)10)27-37(46(35)55)21-39(47)29-43(28-38)52(11,12)13/h14-17,22-29,53-55H,18-21H2,1-13H3. The Morgan fingerprint density at radius 3 is 0.947 bits per heavy atom. The van der Waals surface area contributed by atoms with Gasteiger partial charge in [-0.15, -0.1) is 0 Å². The molecule has 0 aromatic heterocycles. The number of carbonyl (C=O) groups is 1. The molecule has 0 fully saturated rings. The van der Waals surface area contributed by atoms with Crippen LogP contribution in [0.1, 0.15) is 166 Å². The van der Waals surface area contributed by atoms with E-state index in [2.05, 4.69) is 132 Å². The number of ether oxygens (including phenoxy) is 1. The molecular formula is C52H62O5. The predicted molar refractivity (Wildman–Crippen MR) is 233 cm³/mol. The molecule has 5 heteroatoms. The zero-order valence-electron chi connectivity index (χ0n) is 36.4. The van der Waals surface area contributed by atoms with Crippen molar-refractivity contribution in [2.75, 3.05) is 0 Å². The minimum atomic E-state index is -0.472. The molecule has 0 saturated heterocycles. The summed E-state index contributed by atoms with van der Waals surface area (Å²) < 4.78 is 6.49. The zero-order valence-corrected chi connectivity index (χ0v) is 36.4. The van der Waals surface area contributed by atoms with E-state index in [0.717, 1.165) is 38.9 Å². The molecule has 1 aliphatic rings. The van der Waals surface area contributed by atoms with Crippen LogP contribution >= 0.6 is 0 Å². The fourth-order valence-corrected chi connectivity index (χ4v) is 7.63. The summed E-state index contributed by atoms with van der Waals surface area (Å²) in [6.45, 7) is 27.9. The molecule has 0 radical (unpaired) electrons. The van der Waals surface area contributed by atoms with Gasteiger partial charge in [0.25, 0.3) is 0 Å². The van der Waals surface area contributed by atoms with Crippen molar-refractivity contribution in [2.45, 2.75) is 137 Å². The van der Waals surface area contributed by atoms with E-state index in [1.54, 1.807) is 12.1 Å². The van der Waals surface area contributed by atoms with Crippen LogP contribution < -0.4 is 4.74 Å². The lowest BCUT2D eigenvalue weighted by atomic mass is 9.79. The highest BCUT2D eigenvalue weighted by atomic mass is 16.5. The van der Waals surface area contributed by atoms with Crippen molar-refractivity contribution in [1.82, 2.24) is 0 Å². The first-order valence-corrected chi connectivity index (χ1v) is 20.3. The molecule has 6 rings (SSSR count). The third-order valence-electron chi connectivity index (χ3n) is 11.5. The van der Waals surface area contributed by atoms with Gasteiger partial charge in [0, 0.05) is 36.8 Å². The van der Waals surface area contributed by atoms with E-state index in [1.165, 1.54) is 0 Å². The van der Waals surface area contributed by atoms with Gasteiger partial charge >= 0.3 is 5.97 Å². The third kappa shape index (κ3) is 8.93. The zero-order chi connectivity index (χ0) is 42.0. The summed E-state index contributed by atoms with van der Waals surface area (Å²) in [7, 11) is 0. The highest BCUT2D eigenvalue weighted by Gasteiger charge is 2.29. The van der Waals surface area contributed by atoms with Crippen LogP contribution in [0.15, 0.2) is 72.8 Å². The van der Waals surface area contributed by atoms with Gasteiger partial charge in [-0.2, -0.15) is 0 Å². The molecule has 300 valence electrons. The molecule has 0 unspecified atom stereocenters. The molecule has 1 aliphatic carbocycles. The second-order valence-corrected chi connectivity index (χ2v) is 20.5. The van der Waals surface area contributed by atoms with Crippen molar-refractivity contribution >= 4 is 5.97 Å². The van der Waals surface area contributed by atoms with Crippen molar-refractivity contribution in [1.29, 1.82) is 0 Å². The molecule has 0 amide bonds. The first-order valence-electron chi connectivity index (χ1n) is 20.3. The molecule has 0 heterocycles. The number of aromatic hydroxyl groups is 3. The summed E-state index contributed by atoms with van der Waals surface area (Å²) in [6, 6.07) is 24.0. The maximum atomic E-state index is 14.0. The maximum absolute atomic E-state index is 14.0. The Bertz CT molecular complexity index is 2230. The van der Waals surface area contributed by atoms with Gasteiger partial charge in [-0.1, -0.05) is 149 Å². The molecule has 8 bridgehead atoms. The van der Waals surface area contributed by atoms with Gasteiger partial charge in [-0.25, -0.2) is 4.79 Å². The van der Waals surface area contributed by atoms with Gasteiger partial charge < -0.3 is 20.1 Å². The van der Waals surface area contributed by atoms with Crippen LogP contribution in [-0.4, -0.2) is 21.3 Å². The number of rotatable bonds is 2. The van der Waals surface area contributed by atoms with Gasteiger partial charge in [0.2, 0.25) is 0 Å². The Balaban J connectivity index is 1.72. The minimum Gasteiger partial charge on any atom is -0.507 e. The molecule has 5 aromatic rings. The average Bonchev–Trinajstić information content (AvgIpc) is 3.08. The number of aryl methyl sites for hydroxylation is 1. The van der Waals surface area contributed by atoms with Crippen molar-refractivity contribution in [3.63, 3.8) is 0 Å². The highest BCUT2D eigenvalue weighted by Crippen LogP contribution is 2.43. The Morgan fingerprint density at radius 2 is 0.684 bits per heavy atom. The molecule has 0 saturated carbocycles. The number of phenols is 3. The summed E-state index contributed by atoms with van der Waals surface area (Å²) in [5.74, 6) is 0.454. The second kappa shape index (κ2) is 14.7. The van der Waals surface area contributed by atoms with E-state index in [1.807, 2.05) is 19.1 Å². The van der Waals surface area contributed by atoms with E-state index < -0.39 is 5.97 Å². The van der Waals surface area contributed by atoms with E-state index in [-0.39, 0.29) is 51.8 Å². The number of carbonyl (C=O) groups excluding carboxylic acids is 1. The number of hydrogen-bond acceptors (Lipinski definition) is 5. The first-order chi connectivity index (χ1) is 26.3. The lowest BCUT2D eigenvalue weighted by molar-refractivity contribution is 0.0731. The van der Waals surface area contributed by atoms with Gasteiger partial charge in [0.15, 0.2) is 0 Å². The van der Waals surface area contributed by atoms with E-state index in [9.17, 15) is 20.1 Å². The van der Waals surface area contributed by atoms with Crippen molar-refractivity contribution in [3.8, 4) is 23.0 Å². The number of esters is 1. The number of phenolic OH excluding ortho intramolecular Hbond substituents is 3. The Kier molecular flexibility index (Phi) is 10.7. The SMILES string of the molecule is Cc1ccc(C(=O)Oc2c3cc(C(C)(C)C)cc2Cc2cc(C(C)(C)C)cc(c2O)Cc2cc(C(C)(C)C)cc(c2O)Cc2cc(C(C)(C)C)cc(c2O)C3)cc1.